The Balaban J connectivity index is 1.37. The second kappa shape index (κ2) is 9.27. The van der Waals surface area contributed by atoms with Gasteiger partial charge in [-0.15, -0.1) is 0 Å². The first-order chi connectivity index (χ1) is 16.5. The Hall–Kier alpha value is -3.72. The summed E-state index contributed by atoms with van der Waals surface area (Å²) in [6.45, 7) is 7.01. The summed E-state index contributed by atoms with van der Waals surface area (Å²) in [5.41, 5.74) is 2.93. The van der Waals surface area contributed by atoms with Crippen molar-refractivity contribution in [3.8, 4) is 11.1 Å². The molecule has 1 aromatic carbocycles. The molecule has 1 aliphatic heterocycles. The lowest BCUT2D eigenvalue weighted by atomic mass is 9.94. The lowest BCUT2D eigenvalue weighted by Gasteiger charge is -2.34. The van der Waals surface area contributed by atoms with E-state index in [1.165, 1.54) is 0 Å². The van der Waals surface area contributed by atoms with Gasteiger partial charge in [-0.05, 0) is 52.7 Å². The van der Waals surface area contributed by atoms with Crippen molar-refractivity contribution < 1.29 is 4.79 Å². The summed E-state index contributed by atoms with van der Waals surface area (Å²) in [6, 6.07) is 11.4. The zero-order valence-corrected chi connectivity index (χ0v) is 19.4. The Morgan fingerprint density at radius 2 is 1.91 bits per heavy atom. The predicted octanol–water partition coefficient (Wildman–Crippen LogP) is 2.22. The molecule has 0 saturated carbocycles. The van der Waals surface area contributed by atoms with Crippen LogP contribution in [0.15, 0.2) is 55.0 Å². The summed E-state index contributed by atoms with van der Waals surface area (Å²) in [4.78, 5) is 26.5. The smallest absolute Gasteiger partial charge is 0.257 e. The molecule has 0 bridgehead atoms. The Morgan fingerprint density at radius 1 is 1.09 bits per heavy atom. The van der Waals surface area contributed by atoms with Crippen LogP contribution in [0.25, 0.3) is 21.9 Å². The maximum Gasteiger partial charge on any atom is 0.257 e. The van der Waals surface area contributed by atoms with Crippen LogP contribution in [0.1, 0.15) is 17.3 Å². The van der Waals surface area contributed by atoms with Gasteiger partial charge in [-0.3, -0.25) is 9.48 Å². The van der Waals surface area contributed by atoms with Crippen LogP contribution >= 0.6 is 0 Å². The van der Waals surface area contributed by atoms with Gasteiger partial charge in [-0.2, -0.15) is 5.10 Å². The van der Waals surface area contributed by atoms with Crippen molar-refractivity contribution in [3.05, 3.63) is 60.6 Å². The van der Waals surface area contributed by atoms with Crippen LogP contribution in [0, 0.1) is 0 Å². The summed E-state index contributed by atoms with van der Waals surface area (Å²) in [5.74, 6) is 0.981. The third-order valence-electron chi connectivity index (χ3n) is 6.29. The van der Waals surface area contributed by atoms with Crippen molar-refractivity contribution >= 4 is 41.8 Å². The van der Waals surface area contributed by atoms with E-state index in [-0.39, 0.29) is 5.91 Å². The molecule has 1 amide bonds. The molecule has 1 N–H and O–H groups in total. The second-order valence-electron chi connectivity index (χ2n) is 8.51. The quantitative estimate of drug-likeness (QED) is 0.469. The number of amides is 1. The highest BCUT2D eigenvalue weighted by atomic mass is 16.1. The van der Waals surface area contributed by atoms with E-state index in [0.29, 0.717) is 17.0 Å². The van der Waals surface area contributed by atoms with Gasteiger partial charge in [0.1, 0.15) is 19.5 Å². The van der Waals surface area contributed by atoms with E-state index in [0.717, 1.165) is 60.4 Å². The van der Waals surface area contributed by atoms with E-state index in [1.54, 1.807) is 16.9 Å². The van der Waals surface area contributed by atoms with E-state index in [2.05, 4.69) is 37.1 Å². The Labute approximate surface area is 200 Å². The Kier molecular flexibility index (Phi) is 6.02. The molecule has 1 fully saturated rings. The number of hydrogen-bond donors (Lipinski definition) is 1. The number of fused-ring (bicyclic) bond motifs is 1. The molecular formula is C25H26BN7O. The molecule has 0 aliphatic carbocycles. The van der Waals surface area contributed by atoms with E-state index in [4.69, 9.17) is 7.85 Å². The summed E-state index contributed by atoms with van der Waals surface area (Å²) in [7, 11) is 8.09. The maximum atomic E-state index is 13.0. The molecule has 1 saturated heterocycles. The number of carbonyl (C=O) groups is 1. The van der Waals surface area contributed by atoms with Gasteiger partial charge >= 0.3 is 0 Å². The molecule has 9 heteroatoms. The molecule has 4 aromatic rings. The molecule has 170 valence electrons. The van der Waals surface area contributed by atoms with E-state index >= 15 is 0 Å². The Morgan fingerprint density at radius 3 is 2.65 bits per heavy atom. The highest BCUT2D eigenvalue weighted by Crippen LogP contribution is 2.24. The monoisotopic (exact) mass is 451 g/mol. The van der Waals surface area contributed by atoms with Gasteiger partial charge in [-0.25, -0.2) is 9.97 Å². The van der Waals surface area contributed by atoms with E-state index < -0.39 is 0 Å². The molecule has 4 heterocycles. The van der Waals surface area contributed by atoms with Gasteiger partial charge in [0.15, 0.2) is 0 Å². The largest absolute Gasteiger partial charge is 0.354 e. The van der Waals surface area contributed by atoms with Gasteiger partial charge in [0.2, 0.25) is 0 Å². The van der Waals surface area contributed by atoms with Gasteiger partial charge in [-0.1, -0.05) is 19.1 Å². The van der Waals surface area contributed by atoms with Crippen molar-refractivity contribution in [2.45, 2.75) is 6.92 Å². The normalized spacial score (nSPS) is 14.5. The zero-order chi connectivity index (χ0) is 23.7. The number of piperazine rings is 1. The second-order valence-corrected chi connectivity index (χ2v) is 8.51. The number of rotatable bonds is 5. The SMILES string of the molecule is [B]c1nc(NC(=O)c2ccnc(N3CCN(CC)CC3)c2)cc2cc(-c3cnn(C)c3)ccc12. The fraction of sp³-hybridized carbons (Fsp3) is 0.280. The summed E-state index contributed by atoms with van der Waals surface area (Å²) < 4.78 is 1.76. The van der Waals surface area contributed by atoms with Crippen LogP contribution in [0.3, 0.4) is 0 Å². The molecule has 8 nitrogen and oxygen atoms in total. The molecular weight excluding hydrogens is 425 g/mol. The summed E-state index contributed by atoms with van der Waals surface area (Å²) >= 11 is 0. The average molecular weight is 451 g/mol. The molecule has 34 heavy (non-hydrogen) atoms. The topological polar surface area (TPSA) is 79.2 Å². The number of benzene rings is 1. The first-order valence-corrected chi connectivity index (χ1v) is 11.4. The van der Waals surface area contributed by atoms with Crippen molar-refractivity contribution in [1.82, 2.24) is 24.6 Å². The number of likely N-dealkylation sites (N-methyl/N-ethyl adjacent to an activating group) is 1. The summed E-state index contributed by atoms with van der Waals surface area (Å²) in [6.07, 6.45) is 5.45. The van der Waals surface area contributed by atoms with E-state index in [9.17, 15) is 4.79 Å². The number of aromatic nitrogens is 4. The minimum atomic E-state index is -0.245. The van der Waals surface area contributed by atoms with Crippen molar-refractivity contribution in [2.24, 2.45) is 7.05 Å². The lowest BCUT2D eigenvalue weighted by Crippen LogP contribution is -2.46. The summed E-state index contributed by atoms with van der Waals surface area (Å²) in [5, 5.41) is 8.87. The number of carbonyl (C=O) groups excluding carboxylic acids is 1. The van der Waals surface area contributed by atoms with Crippen LogP contribution in [0.5, 0.6) is 0 Å². The fourth-order valence-corrected chi connectivity index (χ4v) is 4.31. The lowest BCUT2D eigenvalue weighted by molar-refractivity contribution is 0.102. The highest BCUT2D eigenvalue weighted by molar-refractivity contribution is 6.37. The van der Waals surface area contributed by atoms with Gasteiger partial charge < -0.3 is 15.1 Å². The first-order valence-electron chi connectivity index (χ1n) is 11.4. The Bertz CT molecular complexity index is 1340. The van der Waals surface area contributed by atoms with Gasteiger partial charge in [0, 0.05) is 56.7 Å². The highest BCUT2D eigenvalue weighted by Gasteiger charge is 2.18. The van der Waals surface area contributed by atoms with Crippen LogP contribution in [0.4, 0.5) is 11.6 Å². The molecule has 5 rings (SSSR count). The first kappa shape index (κ1) is 22.1. The third kappa shape index (κ3) is 4.52. The molecule has 0 unspecified atom stereocenters. The number of hydrogen-bond acceptors (Lipinski definition) is 6. The number of pyridine rings is 2. The third-order valence-corrected chi connectivity index (χ3v) is 6.29. The molecule has 3 aromatic heterocycles. The number of nitrogens with zero attached hydrogens (tertiary/aromatic N) is 6. The van der Waals surface area contributed by atoms with Gasteiger partial charge in [0.25, 0.3) is 5.91 Å². The zero-order valence-electron chi connectivity index (χ0n) is 19.4. The van der Waals surface area contributed by atoms with Crippen LogP contribution in [0.2, 0.25) is 0 Å². The average Bonchev–Trinajstić information content (AvgIpc) is 3.30. The van der Waals surface area contributed by atoms with Crippen molar-refractivity contribution in [3.63, 3.8) is 0 Å². The number of anilines is 2. The van der Waals surface area contributed by atoms with Crippen LogP contribution in [-0.4, -0.2) is 71.1 Å². The molecule has 0 spiro atoms. The standard InChI is InChI=1S/C25H26BN7O/c1-3-32-8-10-33(11-9-32)23-14-18(6-7-27-23)25(34)30-22-13-19-12-17(20-15-28-31(2)16-20)4-5-21(19)24(26)29-22/h4-7,12-16H,3,8-11H2,1-2H3,(H,29,30,34). The van der Waals surface area contributed by atoms with Gasteiger partial charge in [0.05, 0.1) is 6.20 Å². The minimum absolute atomic E-state index is 0.245. The van der Waals surface area contributed by atoms with E-state index in [1.807, 2.05) is 49.8 Å². The van der Waals surface area contributed by atoms with Crippen LogP contribution in [-0.2, 0) is 7.05 Å². The number of nitrogens with one attached hydrogen (secondary N) is 1. The van der Waals surface area contributed by atoms with Crippen LogP contribution < -0.4 is 15.8 Å². The van der Waals surface area contributed by atoms with Crippen molar-refractivity contribution in [1.29, 1.82) is 0 Å². The minimum Gasteiger partial charge on any atom is -0.354 e. The fourth-order valence-electron chi connectivity index (χ4n) is 4.31. The predicted molar refractivity (Wildman–Crippen MR) is 136 cm³/mol. The number of aryl methyl sites for hydroxylation is 1. The molecule has 1 aliphatic rings. The molecule has 0 atom stereocenters. The molecule has 2 radical (unpaired) electrons. The van der Waals surface area contributed by atoms with Crippen molar-refractivity contribution in [2.75, 3.05) is 42.9 Å². The maximum absolute atomic E-state index is 13.0.